The zero-order valence-corrected chi connectivity index (χ0v) is 11.4. The molecule has 1 unspecified atom stereocenters. The molecule has 5 heteroatoms. The van der Waals surface area contributed by atoms with Crippen molar-refractivity contribution in [1.82, 2.24) is 0 Å². The van der Waals surface area contributed by atoms with Gasteiger partial charge in [0.15, 0.2) is 0 Å². The van der Waals surface area contributed by atoms with Crippen molar-refractivity contribution in [1.29, 1.82) is 5.26 Å². The lowest BCUT2D eigenvalue weighted by molar-refractivity contribution is -0.0913. The first kappa shape index (κ1) is 13.7. The van der Waals surface area contributed by atoms with Gasteiger partial charge >= 0.3 is 0 Å². The van der Waals surface area contributed by atoms with E-state index in [1.54, 1.807) is 14.2 Å². The minimum atomic E-state index is -0.673. The second kappa shape index (κ2) is 5.08. The van der Waals surface area contributed by atoms with E-state index in [2.05, 4.69) is 6.07 Å². The predicted molar refractivity (Wildman–Crippen MR) is 70.1 cm³/mol. The Morgan fingerprint density at radius 1 is 1.32 bits per heavy atom. The molecule has 1 fully saturated rings. The van der Waals surface area contributed by atoms with Gasteiger partial charge in [-0.3, -0.25) is 0 Å². The Kier molecular flexibility index (Phi) is 3.65. The number of hydrogen-bond acceptors (Lipinski definition) is 5. The SMILES string of the molecule is COc1cc(C(N)C2(C#N)COC2)c(OC)cc1C. The number of hydrogen-bond donors (Lipinski definition) is 1. The molecule has 102 valence electrons. The lowest BCUT2D eigenvalue weighted by Crippen LogP contribution is -2.49. The number of nitriles is 1. The largest absolute Gasteiger partial charge is 0.496 e. The van der Waals surface area contributed by atoms with Crippen LogP contribution in [-0.2, 0) is 4.74 Å². The second-order valence-corrected chi connectivity index (χ2v) is 4.80. The van der Waals surface area contributed by atoms with E-state index in [-0.39, 0.29) is 0 Å². The summed E-state index contributed by atoms with van der Waals surface area (Å²) in [4.78, 5) is 0. The number of rotatable bonds is 4. The molecule has 1 aliphatic rings. The Labute approximate surface area is 112 Å². The van der Waals surface area contributed by atoms with Crippen molar-refractivity contribution in [2.24, 2.45) is 11.1 Å². The topological polar surface area (TPSA) is 77.5 Å². The molecule has 1 aliphatic heterocycles. The van der Waals surface area contributed by atoms with E-state index < -0.39 is 11.5 Å². The summed E-state index contributed by atoms with van der Waals surface area (Å²) in [6.07, 6.45) is 0. The maximum absolute atomic E-state index is 9.33. The van der Waals surface area contributed by atoms with E-state index in [4.69, 9.17) is 19.9 Å². The highest BCUT2D eigenvalue weighted by Crippen LogP contribution is 2.43. The number of benzene rings is 1. The quantitative estimate of drug-likeness (QED) is 0.890. The summed E-state index contributed by atoms with van der Waals surface area (Å²) in [5, 5.41) is 9.33. The molecule has 1 atom stereocenters. The van der Waals surface area contributed by atoms with Crippen molar-refractivity contribution in [3.63, 3.8) is 0 Å². The van der Waals surface area contributed by atoms with Crippen molar-refractivity contribution < 1.29 is 14.2 Å². The smallest absolute Gasteiger partial charge is 0.124 e. The highest BCUT2D eigenvalue weighted by atomic mass is 16.5. The van der Waals surface area contributed by atoms with Crippen LogP contribution in [0, 0.1) is 23.7 Å². The van der Waals surface area contributed by atoms with Crippen LogP contribution >= 0.6 is 0 Å². The van der Waals surface area contributed by atoms with Crippen molar-refractivity contribution >= 4 is 0 Å². The van der Waals surface area contributed by atoms with Gasteiger partial charge in [-0.1, -0.05) is 0 Å². The van der Waals surface area contributed by atoms with Crippen LogP contribution in [0.1, 0.15) is 17.2 Å². The third kappa shape index (κ3) is 2.14. The standard InChI is InChI=1S/C14H18N2O3/c1-9-4-12(18-3)10(5-11(9)17-2)13(16)14(6-15)7-19-8-14/h4-5,13H,7-8,16H2,1-3H3. The summed E-state index contributed by atoms with van der Waals surface area (Å²) in [7, 11) is 3.20. The van der Waals surface area contributed by atoms with Gasteiger partial charge in [-0.15, -0.1) is 0 Å². The Hall–Kier alpha value is -1.77. The van der Waals surface area contributed by atoms with Crippen molar-refractivity contribution in [3.05, 3.63) is 23.3 Å². The van der Waals surface area contributed by atoms with Crippen LogP contribution in [0.25, 0.3) is 0 Å². The van der Waals surface area contributed by atoms with Crippen molar-refractivity contribution in [2.75, 3.05) is 27.4 Å². The molecule has 1 heterocycles. The van der Waals surface area contributed by atoms with Crippen LogP contribution in [0.15, 0.2) is 12.1 Å². The average Bonchev–Trinajstić information content (AvgIpc) is 2.37. The Morgan fingerprint density at radius 2 is 1.95 bits per heavy atom. The summed E-state index contributed by atoms with van der Waals surface area (Å²) >= 11 is 0. The third-order valence-corrected chi connectivity index (χ3v) is 3.62. The fourth-order valence-corrected chi connectivity index (χ4v) is 2.25. The highest BCUT2D eigenvalue weighted by molar-refractivity contribution is 5.48. The molecular weight excluding hydrogens is 244 g/mol. The molecule has 19 heavy (non-hydrogen) atoms. The molecule has 0 amide bonds. The molecule has 5 nitrogen and oxygen atoms in total. The van der Waals surface area contributed by atoms with E-state index in [1.807, 2.05) is 19.1 Å². The lowest BCUT2D eigenvalue weighted by Gasteiger charge is -2.40. The highest BCUT2D eigenvalue weighted by Gasteiger charge is 2.46. The van der Waals surface area contributed by atoms with Crippen LogP contribution in [-0.4, -0.2) is 27.4 Å². The minimum absolute atomic E-state index is 0.351. The third-order valence-electron chi connectivity index (χ3n) is 3.62. The lowest BCUT2D eigenvalue weighted by atomic mass is 9.76. The van der Waals surface area contributed by atoms with Gasteiger partial charge in [0.05, 0.1) is 39.5 Å². The van der Waals surface area contributed by atoms with Crippen LogP contribution in [0.3, 0.4) is 0 Å². The van der Waals surface area contributed by atoms with Crippen LogP contribution in [0.4, 0.5) is 0 Å². The number of ether oxygens (including phenoxy) is 3. The monoisotopic (exact) mass is 262 g/mol. The number of nitrogens with two attached hydrogens (primary N) is 1. The molecule has 0 radical (unpaired) electrons. The van der Waals surface area contributed by atoms with Gasteiger partial charge in [0.1, 0.15) is 16.9 Å². The zero-order valence-electron chi connectivity index (χ0n) is 11.4. The van der Waals surface area contributed by atoms with Gasteiger partial charge in [0.2, 0.25) is 0 Å². The van der Waals surface area contributed by atoms with E-state index >= 15 is 0 Å². The predicted octanol–water partition coefficient (Wildman–Crippen LogP) is 1.55. The second-order valence-electron chi connectivity index (χ2n) is 4.80. The summed E-state index contributed by atoms with van der Waals surface area (Å²) in [6, 6.07) is 5.53. The molecule has 2 N–H and O–H groups in total. The molecule has 0 aliphatic carbocycles. The van der Waals surface area contributed by atoms with Crippen molar-refractivity contribution in [2.45, 2.75) is 13.0 Å². The van der Waals surface area contributed by atoms with Crippen LogP contribution in [0.2, 0.25) is 0 Å². The van der Waals surface area contributed by atoms with Gasteiger partial charge in [-0.05, 0) is 24.6 Å². The van der Waals surface area contributed by atoms with Gasteiger partial charge in [-0.25, -0.2) is 0 Å². The molecule has 0 aromatic heterocycles. The van der Waals surface area contributed by atoms with E-state index in [1.165, 1.54) is 0 Å². The summed E-state index contributed by atoms with van der Waals surface area (Å²) in [5.41, 5.74) is 7.32. The average molecular weight is 262 g/mol. The summed E-state index contributed by atoms with van der Waals surface area (Å²) < 4.78 is 15.8. The molecule has 0 bridgehead atoms. The number of nitrogens with zero attached hydrogens (tertiary/aromatic N) is 1. The van der Waals surface area contributed by atoms with E-state index in [0.717, 1.165) is 16.9 Å². The molecule has 0 spiro atoms. The first-order valence-electron chi connectivity index (χ1n) is 6.05. The van der Waals surface area contributed by atoms with Crippen molar-refractivity contribution in [3.8, 4) is 17.6 Å². The first-order valence-corrected chi connectivity index (χ1v) is 6.05. The number of aryl methyl sites for hydroxylation is 1. The summed E-state index contributed by atoms with van der Waals surface area (Å²) in [6.45, 7) is 2.64. The van der Waals surface area contributed by atoms with E-state index in [0.29, 0.717) is 19.0 Å². The van der Waals surface area contributed by atoms with E-state index in [9.17, 15) is 5.26 Å². The maximum atomic E-state index is 9.33. The molecule has 1 aromatic rings. The Morgan fingerprint density at radius 3 is 2.37 bits per heavy atom. The minimum Gasteiger partial charge on any atom is -0.496 e. The molecular formula is C14H18N2O3. The molecule has 1 saturated heterocycles. The molecule has 2 rings (SSSR count). The fraction of sp³-hybridized carbons (Fsp3) is 0.500. The zero-order chi connectivity index (χ0) is 14.0. The first-order chi connectivity index (χ1) is 9.07. The number of methoxy groups -OCH3 is 2. The molecule has 0 saturated carbocycles. The van der Waals surface area contributed by atoms with Gasteiger partial charge < -0.3 is 19.9 Å². The van der Waals surface area contributed by atoms with Gasteiger partial charge in [-0.2, -0.15) is 5.26 Å². The van der Waals surface area contributed by atoms with Crippen LogP contribution in [0.5, 0.6) is 11.5 Å². The normalized spacial score (nSPS) is 18.1. The Balaban J connectivity index is 2.46. The maximum Gasteiger partial charge on any atom is 0.124 e. The van der Waals surface area contributed by atoms with Gasteiger partial charge in [0.25, 0.3) is 0 Å². The van der Waals surface area contributed by atoms with Gasteiger partial charge in [0, 0.05) is 5.56 Å². The Bertz CT molecular complexity index is 518. The molecule has 1 aromatic carbocycles. The summed E-state index contributed by atoms with van der Waals surface area (Å²) in [5.74, 6) is 1.41. The fourth-order valence-electron chi connectivity index (χ4n) is 2.25. The van der Waals surface area contributed by atoms with Crippen LogP contribution < -0.4 is 15.2 Å².